The summed E-state index contributed by atoms with van der Waals surface area (Å²) in [5, 5.41) is 6.77. The quantitative estimate of drug-likeness (QED) is 0.611. The first kappa shape index (κ1) is 22.1. The van der Waals surface area contributed by atoms with E-state index in [0.717, 1.165) is 5.56 Å². The average molecular weight is 425 g/mol. The van der Waals surface area contributed by atoms with Crippen LogP contribution in [0.4, 0.5) is 0 Å². The Morgan fingerprint density at radius 3 is 2.13 bits per heavy atom. The molecule has 8 heteroatoms. The van der Waals surface area contributed by atoms with Crippen molar-refractivity contribution in [2.24, 2.45) is 0 Å². The van der Waals surface area contributed by atoms with Crippen LogP contribution in [0.5, 0.6) is 17.2 Å². The number of ether oxygens (including phenoxy) is 3. The van der Waals surface area contributed by atoms with Gasteiger partial charge in [-0.3, -0.25) is 4.79 Å². The standard InChI is InChI=1S/C23H27N3O5/c1-23(2,3)16-9-7-14(8-10-16)21-25-19(31-26-21)13-24-22(27)15-11-17(28-4)20(30-6)18(12-15)29-5/h7-12H,13H2,1-6H3,(H,24,27). The topological polar surface area (TPSA) is 95.7 Å². The van der Waals surface area contributed by atoms with Gasteiger partial charge in [-0.25, -0.2) is 0 Å². The van der Waals surface area contributed by atoms with Crippen molar-refractivity contribution in [3.05, 3.63) is 53.4 Å². The summed E-state index contributed by atoms with van der Waals surface area (Å²) in [7, 11) is 4.49. The van der Waals surface area contributed by atoms with Crippen molar-refractivity contribution in [1.29, 1.82) is 0 Å². The van der Waals surface area contributed by atoms with Crippen LogP contribution in [-0.4, -0.2) is 37.4 Å². The zero-order valence-electron chi connectivity index (χ0n) is 18.6. The number of methoxy groups -OCH3 is 3. The number of hydrogen-bond acceptors (Lipinski definition) is 7. The summed E-state index contributed by atoms with van der Waals surface area (Å²) in [5.74, 6) is 1.64. The molecule has 0 aliphatic carbocycles. The molecule has 2 aromatic carbocycles. The van der Waals surface area contributed by atoms with E-state index >= 15 is 0 Å². The lowest BCUT2D eigenvalue weighted by Crippen LogP contribution is -2.23. The Hall–Kier alpha value is -3.55. The highest BCUT2D eigenvalue weighted by Gasteiger charge is 2.18. The van der Waals surface area contributed by atoms with Gasteiger partial charge in [0.25, 0.3) is 5.91 Å². The molecule has 1 aromatic heterocycles. The fourth-order valence-corrected chi connectivity index (χ4v) is 3.03. The minimum Gasteiger partial charge on any atom is -0.493 e. The first-order valence-electron chi connectivity index (χ1n) is 9.78. The number of nitrogens with one attached hydrogen (secondary N) is 1. The van der Waals surface area contributed by atoms with Crippen molar-refractivity contribution in [3.8, 4) is 28.6 Å². The summed E-state index contributed by atoms with van der Waals surface area (Å²) in [5.41, 5.74) is 2.49. The minimum atomic E-state index is -0.339. The summed E-state index contributed by atoms with van der Waals surface area (Å²) < 4.78 is 21.1. The maximum Gasteiger partial charge on any atom is 0.251 e. The van der Waals surface area contributed by atoms with Crippen molar-refractivity contribution in [3.63, 3.8) is 0 Å². The summed E-state index contributed by atoms with van der Waals surface area (Å²) in [4.78, 5) is 17.0. The maximum atomic E-state index is 12.6. The molecule has 0 saturated heterocycles. The zero-order chi connectivity index (χ0) is 22.6. The second-order valence-electron chi connectivity index (χ2n) is 7.94. The molecule has 0 atom stereocenters. The van der Waals surface area contributed by atoms with Gasteiger partial charge in [-0.05, 0) is 23.1 Å². The monoisotopic (exact) mass is 425 g/mol. The highest BCUT2D eigenvalue weighted by atomic mass is 16.5. The molecular weight excluding hydrogens is 398 g/mol. The van der Waals surface area contributed by atoms with Gasteiger partial charge < -0.3 is 24.1 Å². The summed E-state index contributed by atoms with van der Waals surface area (Å²) in [6.45, 7) is 6.56. The van der Waals surface area contributed by atoms with Crippen LogP contribution in [-0.2, 0) is 12.0 Å². The lowest BCUT2D eigenvalue weighted by Gasteiger charge is -2.18. The molecule has 1 heterocycles. The number of hydrogen-bond donors (Lipinski definition) is 1. The molecule has 0 bridgehead atoms. The number of carbonyl (C=O) groups is 1. The highest BCUT2D eigenvalue weighted by Crippen LogP contribution is 2.38. The molecule has 0 radical (unpaired) electrons. The summed E-state index contributed by atoms with van der Waals surface area (Å²) in [6, 6.07) is 11.2. The summed E-state index contributed by atoms with van der Waals surface area (Å²) in [6.07, 6.45) is 0. The predicted molar refractivity (Wildman–Crippen MR) is 116 cm³/mol. The molecule has 3 aromatic rings. The van der Waals surface area contributed by atoms with Gasteiger partial charge in [-0.2, -0.15) is 4.98 Å². The third-order valence-electron chi connectivity index (χ3n) is 4.80. The lowest BCUT2D eigenvalue weighted by atomic mass is 9.87. The van der Waals surface area contributed by atoms with Gasteiger partial charge in [0.2, 0.25) is 17.5 Å². The molecule has 8 nitrogen and oxygen atoms in total. The van der Waals surface area contributed by atoms with Crippen LogP contribution in [0.1, 0.15) is 42.6 Å². The number of amides is 1. The Kier molecular flexibility index (Phi) is 6.48. The Morgan fingerprint density at radius 1 is 1.00 bits per heavy atom. The van der Waals surface area contributed by atoms with Gasteiger partial charge in [0.05, 0.1) is 27.9 Å². The molecule has 0 fully saturated rings. The smallest absolute Gasteiger partial charge is 0.251 e. The maximum absolute atomic E-state index is 12.6. The largest absolute Gasteiger partial charge is 0.493 e. The van der Waals surface area contributed by atoms with Gasteiger partial charge in [-0.15, -0.1) is 0 Å². The fourth-order valence-electron chi connectivity index (χ4n) is 3.03. The second-order valence-corrected chi connectivity index (χ2v) is 7.94. The van der Waals surface area contributed by atoms with E-state index in [1.54, 1.807) is 12.1 Å². The number of rotatable bonds is 7. The molecule has 0 saturated carbocycles. The van der Waals surface area contributed by atoms with Crippen LogP contribution < -0.4 is 19.5 Å². The van der Waals surface area contributed by atoms with Gasteiger partial charge in [0.1, 0.15) is 0 Å². The molecule has 164 valence electrons. The molecule has 1 amide bonds. The van der Waals surface area contributed by atoms with Gasteiger partial charge >= 0.3 is 0 Å². The molecule has 3 rings (SSSR count). The predicted octanol–water partition coefficient (Wildman–Crippen LogP) is 3.99. The van der Waals surface area contributed by atoms with Crippen molar-refractivity contribution < 1.29 is 23.5 Å². The van der Waals surface area contributed by atoms with Crippen molar-refractivity contribution >= 4 is 5.91 Å². The molecule has 0 aliphatic heterocycles. The van der Waals surface area contributed by atoms with Gasteiger partial charge in [0.15, 0.2) is 11.5 Å². The first-order chi connectivity index (χ1) is 14.8. The third-order valence-corrected chi connectivity index (χ3v) is 4.80. The molecular formula is C23H27N3O5. The molecule has 1 N–H and O–H groups in total. The molecule has 0 spiro atoms. The Balaban J connectivity index is 1.70. The summed E-state index contributed by atoms with van der Waals surface area (Å²) >= 11 is 0. The number of nitrogens with zero attached hydrogens (tertiary/aromatic N) is 2. The zero-order valence-corrected chi connectivity index (χ0v) is 18.6. The van der Waals surface area contributed by atoms with Crippen LogP contribution in [0, 0.1) is 0 Å². The highest BCUT2D eigenvalue weighted by molar-refractivity contribution is 5.95. The second kappa shape index (κ2) is 9.07. The van der Waals surface area contributed by atoms with Gasteiger partial charge in [0, 0.05) is 11.1 Å². The van der Waals surface area contributed by atoms with E-state index in [0.29, 0.717) is 34.5 Å². The normalized spacial score (nSPS) is 11.2. The van der Waals surface area contributed by atoms with Crippen LogP contribution in [0.2, 0.25) is 0 Å². The number of carbonyl (C=O) groups excluding carboxylic acids is 1. The number of aromatic nitrogens is 2. The average Bonchev–Trinajstić information content (AvgIpc) is 3.24. The Bertz CT molecular complexity index is 1030. The minimum absolute atomic E-state index is 0.0675. The van der Waals surface area contributed by atoms with Crippen LogP contribution in [0.15, 0.2) is 40.9 Å². The van der Waals surface area contributed by atoms with E-state index in [1.165, 1.54) is 26.9 Å². The van der Waals surface area contributed by atoms with E-state index < -0.39 is 0 Å². The molecule has 0 unspecified atom stereocenters. The van der Waals surface area contributed by atoms with E-state index in [9.17, 15) is 4.79 Å². The Labute approximate surface area is 181 Å². The van der Waals surface area contributed by atoms with Crippen LogP contribution in [0.3, 0.4) is 0 Å². The van der Waals surface area contributed by atoms with E-state index in [4.69, 9.17) is 18.7 Å². The Morgan fingerprint density at radius 2 is 1.61 bits per heavy atom. The van der Waals surface area contributed by atoms with E-state index in [1.807, 2.05) is 12.1 Å². The van der Waals surface area contributed by atoms with Crippen molar-refractivity contribution in [2.45, 2.75) is 32.7 Å². The fraction of sp³-hybridized carbons (Fsp3) is 0.348. The first-order valence-corrected chi connectivity index (χ1v) is 9.78. The lowest BCUT2D eigenvalue weighted by molar-refractivity contribution is 0.0945. The third kappa shape index (κ3) is 4.96. The SMILES string of the molecule is COc1cc(C(=O)NCc2nc(-c3ccc(C(C)(C)C)cc3)no2)cc(OC)c1OC. The van der Waals surface area contributed by atoms with Crippen LogP contribution >= 0.6 is 0 Å². The van der Waals surface area contributed by atoms with Crippen molar-refractivity contribution in [1.82, 2.24) is 15.5 Å². The van der Waals surface area contributed by atoms with E-state index in [2.05, 4.69) is 48.4 Å². The molecule has 31 heavy (non-hydrogen) atoms. The van der Waals surface area contributed by atoms with Gasteiger partial charge in [-0.1, -0.05) is 50.2 Å². The molecule has 0 aliphatic rings. The van der Waals surface area contributed by atoms with E-state index in [-0.39, 0.29) is 17.9 Å². The van der Waals surface area contributed by atoms with Crippen molar-refractivity contribution in [2.75, 3.05) is 21.3 Å². The number of benzene rings is 2. The van der Waals surface area contributed by atoms with Crippen LogP contribution in [0.25, 0.3) is 11.4 Å².